The Labute approximate surface area is 144 Å². The number of hydrogen-bond donors (Lipinski definition) is 2. The highest BCUT2D eigenvalue weighted by molar-refractivity contribution is 7.89. The Bertz CT molecular complexity index is 726. The van der Waals surface area contributed by atoms with Crippen molar-refractivity contribution >= 4 is 10.0 Å². The molecule has 0 radical (unpaired) electrons. The largest absolute Gasteiger partial charge is 0.494 e. The molecule has 0 unspecified atom stereocenters. The van der Waals surface area contributed by atoms with E-state index in [0.29, 0.717) is 31.1 Å². The van der Waals surface area contributed by atoms with Gasteiger partial charge < -0.3 is 10.1 Å². The second-order valence-corrected chi connectivity index (χ2v) is 7.23. The van der Waals surface area contributed by atoms with Crippen molar-refractivity contribution < 1.29 is 13.2 Å². The van der Waals surface area contributed by atoms with Gasteiger partial charge in [-0.05, 0) is 43.7 Å². The van der Waals surface area contributed by atoms with E-state index in [2.05, 4.69) is 10.0 Å². The summed E-state index contributed by atoms with van der Waals surface area (Å²) in [5.41, 5.74) is 2.16. The molecule has 0 aliphatic heterocycles. The lowest BCUT2D eigenvalue weighted by Gasteiger charge is -2.09. The molecule has 2 N–H and O–H groups in total. The van der Waals surface area contributed by atoms with Crippen molar-refractivity contribution in [1.82, 2.24) is 10.0 Å². The molecule has 24 heavy (non-hydrogen) atoms. The van der Waals surface area contributed by atoms with Gasteiger partial charge in [0.1, 0.15) is 5.75 Å². The van der Waals surface area contributed by atoms with Gasteiger partial charge >= 0.3 is 0 Å². The van der Waals surface area contributed by atoms with Crippen LogP contribution in [0.1, 0.15) is 18.1 Å². The summed E-state index contributed by atoms with van der Waals surface area (Å²) in [7, 11) is -3.44. The minimum absolute atomic E-state index is 0.291. The van der Waals surface area contributed by atoms with Gasteiger partial charge in [-0.1, -0.05) is 29.8 Å². The highest BCUT2D eigenvalue weighted by Gasteiger charge is 2.12. The lowest BCUT2D eigenvalue weighted by molar-refractivity contribution is 0.340. The molecule has 6 heteroatoms. The number of sulfonamides is 1. The Morgan fingerprint density at radius 2 is 1.62 bits per heavy atom. The molecule has 2 rings (SSSR count). The average molecular weight is 348 g/mol. The number of benzene rings is 2. The van der Waals surface area contributed by atoms with Crippen LogP contribution in [-0.2, 0) is 16.6 Å². The van der Waals surface area contributed by atoms with E-state index >= 15 is 0 Å². The van der Waals surface area contributed by atoms with Crippen molar-refractivity contribution in [2.75, 3.05) is 19.7 Å². The van der Waals surface area contributed by atoms with Crippen LogP contribution in [0.15, 0.2) is 53.4 Å². The number of ether oxygens (including phenoxy) is 1. The monoisotopic (exact) mass is 348 g/mol. The Hall–Kier alpha value is -1.89. The van der Waals surface area contributed by atoms with Gasteiger partial charge in [-0.3, -0.25) is 0 Å². The average Bonchev–Trinajstić information content (AvgIpc) is 2.57. The maximum atomic E-state index is 12.1. The zero-order valence-electron chi connectivity index (χ0n) is 14.1. The Morgan fingerprint density at radius 3 is 2.25 bits per heavy atom. The minimum Gasteiger partial charge on any atom is -0.494 e. The van der Waals surface area contributed by atoms with E-state index in [-0.39, 0.29) is 0 Å². The molecule has 0 saturated carbocycles. The molecular formula is C18H24N2O3S. The van der Waals surface area contributed by atoms with Crippen molar-refractivity contribution in [2.45, 2.75) is 25.3 Å². The van der Waals surface area contributed by atoms with Crippen LogP contribution in [0, 0.1) is 6.92 Å². The van der Waals surface area contributed by atoms with Crippen molar-refractivity contribution in [2.24, 2.45) is 0 Å². The molecule has 0 atom stereocenters. The van der Waals surface area contributed by atoms with Crippen LogP contribution in [0.4, 0.5) is 0 Å². The van der Waals surface area contributed by atoms with E-state index in [1.807, 2.05) is 38.1 Å². The van der Waals surface area contributed by atoms with Gasteiger partial charge in [0, 0.05) is 19.6 Å². The first-order valence-electron chi connectivity index (χ1n) is 8.00. The van der Waals surface area contributed by atoms with E-state index in [1.165, 1.54) is 0 Å². The molecule has 0 aromatic heterocycles. The zero-order chi connectivity index (χ0) is 17.4. The number of hydrogen-bond acceptors (Lipinski definition) is 4. The van der Waals surface area contributed by atoms with Crippen LogP contribution >= 0.6 is 0 Å². The third kappa shape index (κ3) is 5.63. The Kier molecular flexibility index (Phi) is 6.78. The quantitative estimate of drug-likeness (QED) is 0.683. The van der Waals surface area contributed by atoms with Crippen molar-refractivity contribution in [1.29, 1.82) is 0 Å². The molecule has 2 aromatic carbocycles. The summed E-state index contributed by atoms with van der Waals surface area (Å²) in [6, 6.07) is 14.7. The first-order valence-corrected chi connectivity index (χ1v) is 9.48. The SMILES string of the molecule is CCOc1ccc(CNCCNS(=O)(=O)c2ccc(C)cc2)cc1. The molecule has 0 heterocycles. The molecule has 0 spiro atoms. The molecule has 5 nitrogen and oxygen atoms in total. The van der Waals surface area contributed by atoms with Gasteiger partial charge in [0.2, 0.25) is 10.0 Å². The summed E-state index contributed by atoms with van der Waals surface area (Å²) in [5.74, 6) is 0.854. The topological polar surface area (TPSA) is 67.4 Å². The zero-order valence-corrected chi connectivity index (χ0v) is 14.9. The fourth-order valence-electron chi connectivity index (χ4n) is 2.18. The lowest BCUT2D eigenvalue weighted by Crippen LogP contribution is -2.31. The summed E-state index contributed by atoms with van der Waals surface area (Å²) in [4.78, 5) is 0.291. The van der Waals surface area contributed by atoms with E-state index in [4.69, 9.17) is 4.74 Å². The van der Waals surface area contributed by atoms with Crippen LogP contribution in [-0.4, -0.2) is 28.1 Å². The summed E-state index contributed by atoms with van der Waals surface area (Å²) in [5, 5.41) is 3.22. The summed E-state index contributed by atoms with van der Waals surface area (Å²) < 4.78 is 32.2. The maximum Gasteiger partial charge on any atom is 0.240 e. The van der Waals surface area contributed by atoms with Crippen molar-refractivity contribution in [3.05, 3.63) is 59.7 Å². The fraction of sp³-hybridized carbons (Fsp3) is 0.333. The Morgan fingerprint density at radius 1 is 0.958 bits per heavy atom. The van der Waals surface area contributed by atoms with Crippen LogP contribution < -0.4 is 14.8 Å². The van der Waals surface area contributed by atoms with E-state index in [0.717, 1.165) is 16.9 Å². The number of rotatable bonds is 9. The number of nitrogens with one attached hydrogen (secondary N) is 2. The van der Waals surface area contributed by atoms with Gasteiger partial charge in [0.05, 0.1) is 11.5 Å². The Balaban J connectivity index is 1.73. The molecular weight excluding hydrogens is 324 g/mol. The molecule has 2 aromatic rings. The molecule has 0 bridgehead atoms. The highest BCUT2D eigenvalue weighted by atomic mass is 32.2. The summed E-state index contributed by atoms with van der Waals surface area (Å²) in [6.07, 6.45) is 0. The first-order chi connectivity index (χ1) is 11.5. The van der Waals surface area contributed by atoms with Crippen LogP contribution in [0.3, 0.4) is 0 Å². The van der Waals surface area contributed by atoms with E-state index in [9.17, 15) is 8.42 Å². The van der Waals surface area contributed by atoms with Crippen LogP contribution in [0.5, 0.6) is 5.75 Å². The van der Waals surface area contributed by atoms with Crippen molar-refractivity contribution in [3.63, 3.8) is 0 Å². The fourth-order valence-corrected chi connectivity index (χ4v) is 3.21. The third-order valence-electron chi connectivity index (χ3n) is 3.49. The smallest absolute Gasteiger partial charge is 0.240 e. The normalized spacial score (nSPS) is 11.4. The first kappa shape index (κ1) is 18.4. The van der Waals surface area contributed by atoms with Crippen molar-refractivity contribution in [3.8, 4) is 5.75 Å². The van der Waals surface area contributed by atoms with Gasteiger partial charge in [0.25, 0.3) is 0 Å². The molecule has 0 fully saturated rings. The second-order valence-electron chi connectivity index (χ2n) is 5.46. The second kappa shape index (κ2) is 8.82. The highest BCUT2D eigenvalue weighted by Crippen LogP contribution is 2.12. The minimum atomic E-state index is -3.44. The third-order valence-corrected chi connectivity index (χ3v) is 4.97. The van der Waals surface area contributed by atoms with Gasteiger partial charge in [-0.15, -0.1) is 0 Å². The van der Waals surface area contributed by atoms with Gasteiger partial charge in [-0.2, -0.15) is 0 Å². The lowest BCUT2D eigenvalue weighted by atomic mass is 10.2. The molecule has 0 amide bonds. The molecule has 0 aliphatic rings. The molecule has 0 aliphatic carbocycles. The van der Waals surface area contributed by atoms with Crippen LogP contribution in [0.2, 0.25) is 0 Å². The van der Waals surface area contributed by atoms with Gasteiger partial charge in [-0.25, -0.2) is 13.1 Å². The van der Waals surface area contributed by atoms with Crippen LogP contribution in [0.25, 0.3) is 0 Å². The molecule has 130 valence electrons. The van der Waals surface area contributed by atoms with E-state index < -0.39 is 10.0 Å². The molecule has 0 saturated heterocycles. The van der Waals surface area contributed by atoms with E-state index in [1.54, 1.807) is 24.3 Å². The standard InChI is InChI=1S/C18H24N2O3S/c1-3-23-17-8-6-16(7-9-17)14-19-12-13-20-24(21,22)18-10-4-15(2)5-11-18/h4-11,19-20H,3,12-14H2,1-2H3. The maximum absolute atomic E-state index is 12.1. The number of aryl methyl sites for hydroxylation is 1. The predicted octanol–water partition coefficient (Wildman–Crippen LogP) is 2.46. The van der Waals surface area contributed by atoms with Gasteiger partial charge in [0.15, 0.2) is 0 Å². The summed E-state index contributed by atoms with van der Waals surface area (Å²) >= 11 is 0. The summed E-state index contributed by atoms with van der Waals surface area (Å²) in [6.45, 7) is 6.10. The predicted molar refractivity (Wildman–Crippen MR) is 95.7 cm³/mol.